The van der Waals surface area contributed by atoms with Crippen molar-refractivity contribution in [3.8, 4) is 5.75 Å². The predicted molar refractivity (Wildman–Crippen MR) is 120 cm³/mol. The molecule has 34 heavy (non-hydrogen) atoms. The van der Waals surface area contributed by atoms with Crippen molar-refractivity contribution in [2.75, 3.05) is 26.7 Å². The Bertz CT molecular complexity index is 1410. The van der Waals surface area contributed by atoms with E-state index in [-0.39, 0.29) is 18.2 Å². The molecule has 0 aliphatic carbocycles. The second kappa shape index (κ2) is 7.30. The molecule has 2 aromatic heterocycles. The summed E-state index contributed by atoms with van der Waals surface area (Å²) in [6, 6.07) is 8.02. The molecule has 0 saturated carbocycles. The van der Waals surface area contributed by atoms with E-state index < -0.39 is 17.5 Å². The highest BCUT2D eigenvalue weighted by atomic mass is 16.5. The molecule has 1 atom stereocenters. The van der Waals surface area contributed by atoms with Crippen LogP contribution in [-0.4, -0.2) is 60.3 Å². The van der Waals surface area contributed by atoms with E-state index in [0.29, 0.717) is 46.9 Å². The van der Waals surface area contributed by atoms with E-state index in [9.17, 15) is 14.4 Å². The SMILES string of the molecule is COc1ccc2c(c1)C(=O)N(CC1(c3cc4cnc(C5=NCCN5)cc4o3)NC(=O)NC1=O)C2. The Hall–Kier alpha value is -4.41. The third-order valence-corrected chi connectivity index (χ3v) is 6.30. The minimum Gasteiger partial charge on any atom is -0.497 e. The largest absolute Gasteiger partial charge is 0.497 e. The standard InChI is InChI=1S/C23H20N6O5/c1-33-14-3-2-12-10-29(20(30)15(12)7-14)11-23(21(31)27-22(32)28-23)18-6-13-9-26-16(8-17(13)34-18)19-24-4-5-25-19/h2-3,6-9H,4-5,10-11H2,1H3,(H,24,25)(H2,27,28,31,32). The van der Waals surface area contributed by atoms with Crippen LogP contribution in [0.4, 0.5) is 4.79 Å². The molecule has 0 spiro atoms. The van der Waals surface area contributed by atoms with Crippen molar-refractivity contribution in [2.45, 2.75) is 12.1 Å². The highest BCUT2D eigenvalue weighted by Gasteiger charge is 2.53. The number of amidine groups is 1. The molecule has 1 saturated heterocycles. The molecule has 0 bridgehead atoms. The van der Waals surface area contributed by atoms with E-state index in [1.54, 1.807) is 30.5 Å². The van der Waals surface area contributed by atoms with Gasteiger partial charge < -0.3 is 24.7 Å². The van der Waals surface area contributed by atoms with Crippen molar-refractivity contribution >= 4 is 34.7 Å². The Labute approximate surface area is 193 Å². The smallest absolute Gasteiger partial charge is 0.322 e. The van der Waals surface area contributed by atoms with Crippen LogP contribution in [0.15, 0.2) is 45.9 Å². The second-order valence-corrected chi connectivity index (χ2v) is 8.37. The summed E-state index contributed by atoms with van der Waals surface area (Å²) in [5.74, 6) is 0.614. The molecular formula is C23H20N6O5. The molecule has 3 aliphatic heterocycles. The Balaban J connectivity index is 1.38. The fourth-order valence-electron chi connectivity index (χ4n) is 4.58. The highest BCUT2D eigenvalue weighted by Crippen LogP contribution is 2.35. The number of methoxy groups -OCH3 is 1. The molecule has 11 nitrogen and oxygen atoms in total. The molecular weight excluding hydrogens is 440 g/mol. The zero-order valence-electron chi connectivity index (χ0n) is 18.2. The molecule has 4 amide bonds. The number of amides is 4. The van der Waals surface area contributed by atoms with E-state index >= 15 is 0 Å². The van der Waals surface area contributed by atoms with Gasteiger partial charge in [0.2, 0.25) is 0 Å². The fourth-order valence-corrected chi connectivity index (χ4v) is 4.58. The van der Waals surface area contributed by atoms with Crippen LogP contribution in [0.25, 0.3) is 11.0 Å². The van der Waals surface area contributed by atoms with Gasteiger partial charge in [0, 0.05) is 36.3 Å². The van der Waals surface area contributed by atoms with Gasteiger partial charge in [-0.25, -0.2) is 4.79 Å². The van der Waals surface area contributed by atoms with Gasteiger partial charge in [0.15, 0.2) is 5.54 Å². The second-order valence-electron chi connectivity index (χ2n) is 8.37. The number of carbonyl (C=O) groups excluding carboxylic acids is 3. The summed E-state index contributed by atoms with van der Waals surface area (Å²) in [5, 5.41) is 8.80. The average molecular weight is 460 g/mol. The summed E-state index contributed by atoms with van der Waals surface area (Å²) in [6.45, 7) is 1.60. The zero-order chi connectivity index (χ0) is 23.4. The molecule has 3 aromatic rings. The zero-order valence-corrected chi connectivity index (χ0v) is 18.2. The lowest BCUT2D eigenvalue weighted by molar-refractivity contribution is -0.125. The molecule has 5 heterocycles. The number of carbonyl (C=O) groups is 3. The maximum absolute atomic E-state index is 13.1. The Morgan fingerprint density at radius 2 is 2.09 bits per heavy atom. The average Bonchev–Trinajstić information content (AvgIpc) is 3.61. The number of nitrogens with zero attached hydrogens (tertiary/aromatic N) is 3. The van der Waals surface area contributed by atoms with Crippen LogP contribution in [-0.2, 0) is 16.9 Å². The topological polar surface area (TPSA) is 138 Å². The van der Waals surface area contributed by atoms with Gasteiger partial charge in [0.25, 0.3) is 11.8 Å². The number of rotatable bonds is 5. The number of aliphatic imine (C=N–C) groups is 1. The maximum Gasteiger partial charge on any atom is 0.322 e. The molecule has 172 valence electrons. The van der Waals surface area contributed by atoms with Crippen molar-refractivity contribution in [2.24, 2.45) is 4.99 Å². The van der Waals surface area contributed by atoms with Crippen LogP contribution in [0.2, 0.25) is 0 Å². The molecule has 6 rings (SSSR count). The quantitative estimate of drug-likeness (QED) is 0.481. The highest BCUT2D eigenvalue weighted by molar-refractivity contribution is 6.08. The Kier molecular flexibility index (Phi) is 4.34. The molecule has 3 N–H and O–H groups in total. The van der Waals surface area contributed by atoms with Gasteiger partial charge in [0.1, 0.15) is 28.6 Å². The number of hydrogen-bond donors (Lipinski definition) is 3. The molecule has 3 aliphatic rings. The number of furan rings is 1. The van der Waals surface area contributed by atoms with Crippen molar-refractivity contribution in [1.82, 2.24) is 25.8 Å². The van der Waals surface area contributed by atoms with Crippen LogP contribution >= 0.6 is 0 Å². The molecule has 1 fully saturated rings. The van der Waals surface area contributed by atoms with Crippen LogP contribution in [0.3, 0.4) is 0 Å². The monoisotopic (exact) mass is 460 g/mol. The first-order valence-electron chi connectivity index (χ1n) is 10.8. The Morgan fingerprint density at radius 1 is 1.21 bits per heavy atom. The summed E-state index contributed by atoms with van der Waals surface area (Å²) in [6.07, 6.45) is 1.63. The van der Waals surface area contributed by atoms with Crippen molar-refractivity contribution in [1.29, 1.82) is 0 Å². The number of urea groups is 1. The van der Waals surface area contributed by atoms with E-state index in [2.05, 4.69) is 25.9 Å². The Morgan fingerprint density at radius 3 is 2.82 bits per heavy atom. The van der Waals surface area contributed by atoms with Gasteiger partial charge in [-0.05, 0) is 23.8 Å². The molecule has 1 aromatic carbocycles. The van der Waals surface area contributed by atoms with E-state index in [0.717, 1.165) is 12.1 Å². The first kappa shape index (κ1) is 20.2. The summed E-state index contributed by atoms with van der Waals surface area (Å²) in [7, 11) is 1.53. The summed E-state index contributed by atoms with van der Waals surface area (Å²) >= 11 is 0. The van der Waals surface area contributed by atoms with Crippen LogP contribution in [0.5, 0.6) is 5.75 Å². The number of imide groups is 1. The summed E-state index contributed by atoms with van der Waals surface area (Å²) in [5.41, 5.74) is 0.849. The van der Waals surface area contributed by atoms with Gasteiger partial charge in [-0.3, -0.25) is 24.9 Å². The predicted octanol–water partition coefficient (Wildman–Crippen LogP) is 0.877. The fraction of sp³-hybridized carbons (Fsp3) is 0.261. The molecule has 1 unspecified atom stereocenters. The van der Waals surface area contributed by atoms with Crippen molar-refractivity contribution in [3.63, 3.8) is 0 Å². The lowest BCUT2D eigenvalue weighted by Crippen LogP contribution is -2.52. The van der Waals surface area contributed by atoms with Crippen LogP contribution < -0.4 is 20.7 Å². The van der Waals surface area contributed by atoms with E-state index in [1.165, 1.54) is 12.0 Å². The van der Waals surface area contributed by atoms with Gasteiger partial charge in [-0.1, -0.05) is 6.07 Å². The van der Waals surface area contributed by atoms with Crippen molar-refractivity contribution < 1.29 is 23.5 Å². The lowest BCUT2D eigenvalue weighted by Gasteiger charge is -2.29. The normalized spacial score (nSPS) is 21.4. The van der Waals surface area contributed by atoms with Gasteiger partial charge in [0.05, 0.1) is 20.2 Å². The van der Waals surface area contributed by atoms with E-state index in [1.807, 2.05) is 6.07 Å². The summed E-state index contributed by atoms with van der Waals surface area (Å²) in [4.78, 5) is 48.7. The molecule has 11 heteroatoms. The lowest BCUT2D eigenvalue weighted by atomic mass is 9.95. The van der Waals surface area contributed by atoms with Crippen LogP contribution in [0, 0.1) is 0 Å². The van der Waals surface area contributed by atoms with Crippen molar-refractivity contribution in [3.05, 3.63) is 59.1 Å². The van der Waals surface area contributed by atoms with Crippen LogP contribution in [0.1, 0.15) is 27.4 Å². The van der Waals surface area contributed by atoms with E-state index in [4.69, 9.17) is 9.15 Å². The van der Waals surface area contributed by atoms with Gasteiger partial charge in [-0.2, -0.15) is 0 Å². The third kappa shape index (κ3) is 3.00. The maximum atomic E-state index is 13.1. The first-order chi connectivity index (χ1) is 16.5. The number of benzene rings is 1. The number of pyridine rings is 1. The number of nitrogens with one attached hydrogen (secondary N) is 3. The minimum absolute atomic E-state index is 0.102. The number of aromatic nitrogens is 1. The third-order valence-electron chi connectivity index (χ3n) is 6.30. The summed E-state index contributed by atoms with van der Waals surface area (Å²) < 4.78 is 11.3. The molecule has 0 radical (unpaired) electrons. The number of ether oxygens (including phenoxy) is 1. The van der Waals surface area contributed by atoms with Gasteiger partial charge in [-0.15, -0.1) is 0 Å². The number of hydrogen-bond acceptors (Lipinski definition) is 8. The minimum atomic E-state index is -1.58. The van der Waals surface area contributed by atoms with Gasteiger partial charge >= 0.3 is 6.03 Å². The first-order valence-corrected chi connectivity index (χ1v) is 10.8. The number of fused-ring (bicyclic) bond motifs is 2.